The number of benzene rings is 2. The van der Waals surface area contributed by atoms with Gasteiger partial charge in [0, 0.05) is 12.1 Å². The molecule has 1 N–H and O–H groups in total. The number of methoxy groups -OCH3 is 1. The fraction of sp³-hybridized carbons (Fsp3) is 0.273. The number of hydrogen-bond acceptors (Lipinski definition) is 4. The molecule has 0 unspecified atom stereocenters. The van der Waals surface area contributed by atoms with E-state index in [0.29, 0.717) is 29.8 Å². The maximum atomic E-state index is 13.8. The number of carbonyl (C=O) groups excluding carboxylic acids is 2. The molecule has 1 fully saturated rings. The summed E-state index contributed by atoms with van der Waals surface area (Å²) in [6, 6.07) is 11.5. The molecule has 3 rings (SSSR count). The number of amides is 1. The molecule has 1 atom stereocenters. The number of hydrogen-bond donors (Lipinski definition) is 1. The van der Waals surface area contributed by atoms with Crippen LogP contribution < -0.4 is 4.74 Å². The van der Waals surface area contributed by atoms with Crippen molar-refractivity contribution in [1.29, 1.82) is 0 Å². The summed E-state index contributed by atoms with van der Waals surface area (Å²) in [7, 11) is 1.53. The van der Waals surface area contributed by atoms with Gasteiger partial charge in [-0.15, -0.1) is 0 Å². The predicted octanol–water partition coefficient (Wildman–Crippen LogP) is 4.06. The third kappa shape index (κ3) is 3.63. The zero-order valence-corrected chi connectivity index (χ0v) is 15.8. The summed E-state index contributed by atoms with van der Waals surface area (Å²) < 4.78 is 19.0. The van der Waals surface area contributed by atoms with Crippen LogP contribution in [0.2, 0.25) is 0 Å². The van der Waals surface area contributed by atoms with Crippen LogP contribution in [0.3, 0.4) is 0 Å². The van der Waals surface area contributed by atoms with Gasteiger partial charge in [0.25, 0.3) is 11.7 Å². The molecule has 1 aliphatic rings. The van der Waals surface area contributed by atoms with Crippen molar-refractivity contribution in [1.82, 2.24) is 4.90 Å². The van der Waals surface area contributed by atoms with Crippen LogP contribution in [-0.4, -0.2) is 35.4 Å². The number of aliphatic hydroxyl groups excluding tert-OH is 1. The van der Waals surface area contributed by atoms with E-state index in [-0.39, 0.29) is 11.3 Å². The lowest BCUT2D eigenvalue weighted by Crippen LogP contribution is -2.30. The number of ether oxygens (including phenoxy) is 1. The largest absolute Gasteiger partial charge is 0.507 e. The molecular formula is C22H22FNO4. The first-order valence-electron chi connectivity index (χ1n) is 9.16. The monoisotopic (exact) mass is 383 g/mol. The van der Waals surface area contributed by atoms with Crippen LogP contribution in [0.1, 0.15) is 36.9 Å². The molecule has 28 heavy (non-hydrogen) atoms. The average molecular weight is 383 g/mol. The predicted molar refractivity (Wildman–Crippen MR) is 103 cm³/mol. The summed E-state index contributed by atoms with van der Waals surface area (Å²) in [5, 5.41) is 10.9. The maximum Gasteiger partial charge on any atom is 0.295 e. The van der Waals surface area contributed by atoms with Gasteiger partial charge in [-0.05, 0) is 48.4 Å². The van der Waals surface area contributed by atoms with Gasteiger partial charge in [0.15, 0.2) is 0 Å². The lowest BCUT2D eigenvalue weighted by Gasteiger charge is -2.25. The summed E-state index contributed by atoms with van der Waals surface area (Å²) in [5.74, 6) is -1.60. The Balaban J connectivity index is 2.14. The van der Waals surface area contributed by atoms with E-state index in [1.165, 1.54) is 30.2 Å². The highest BCUT2D eigenvalue weighted by atomic mass is 19.1. The second kappa shape index (κ2) is 8.25. The Morgan fingerprint density at radius 2 is 1.89 bits per heavy atom. The minimum Gasteiger partial charge on any atom is -0.507 e. The molecule has 1 amide bonds. The SMILES string of the molecule is CCCCN1C(=O)C(=O)/C(=C(/O)c2ccc(OC)cc2)[C@@H]1c1cccc(F)c1. The highest BCUT2D eigenvalue weighted by Gasteiger charge is 2.45. The highest BCUT2D eigenvalue weighted by molar-refractivity contribution is 6.46. The zero-order chi connectivity index (χ0) is 20.3. The number of aliphatic hydroxyl groups is 1. The van der Waals surface area contributed by atoms with E-state index in [9.17, 15) is 19.1 Å². The fourth-order valence-electron chi connectivity index (χ4n) is 3.37. The second-order valence-electron chi connectivity index (χ2n) is 6.63. The van der Waals surface area contributed by atoms with E-state index >= 15 is 0 Å². The van der Waals surface area contributed by atoms with Crippen molar-refractivity contribution < 1.29 is 23.8 Å². The molecule has 2 aromatic carbocycles. The molecule has 0 spiro atoms. The van der Waals surface area contributed by atoms with E-state index < -0.39 is 23.5 Å². The first kappa shape index (κ1) is 19.6. The van der Waals surface area contributed by atoms with E-state index in [2.05, 4.69) is 0 Å². The number of rotatable bonds is 6. The van der Waals surface area contributed by atoms with Crippen LogP contribution in [-0.2, 0) is 9.59 Å². The number of nitrogens with zero attached hydrogens (tertiary/aromatic N) is 1. The third-order valence-electron chi connectivity index (χ3n) is 4.82. The summed E-state index contributed by atoms with van der Waals surface area (Å²) >= 11 is 0. The minimum atomic E-state index is -0.829. The van der Waals surface area contributed by atoms with E-state index in [1.54, 1.807) is 30.3 Å². The lowest BCUT2D eigenvalue weighted by molar-refractivity contribution is -0.139. The average Bonchev–Trinajstić information content (AvgIpc) is 2.96. The molecule has 2 aromatic rings. The molecule has 0 aromatic heterocycles. The van der Waals surface area contributed by atoms with Crippen molar-refractivity contribution in [3.05, 3.63) is 71.0 Å². The van der Waals surface area contributed by atoms with Gasteiger partial charge >= 0.3 is 0 Å². The number of carbonyl (C=O) groups is 2. The minimum absolute atomic E-state index is 0.0307. The molecular weight excluding hydrogens is 361 g/mol. The molecule has 0 radical (unpaired) electrons. The maximum absolute atomic E-state index is 13.8. The number of Topliss-reactive ketones (excluding diaryl/α,β-unsaturated/α-hetero) is 1. The molecule has 1 saturated heterocycles. The molecule has 5 nitrogen and oxygen atoms in total. The van der Waals surface area contributed by atoms with E-state index in [4.69, 9.17) is 4.74 Å². The Morgan fingerprint density at radius 3 is 2.50 bits per heavy atom. The quantitative estimate of drug-likeness (QED) is 0.464. The molecule has 1 aliphatic heterocycles. The molecule has 1 heterocycles. The smallest absolute Gasteiger partial charge is 0.295 e. The van der Waals surface area contributed by atoms with Crippen molar-refractivity contribution in [2.24, 2.45) is 0 Å². The Labute approximate surface area is 163 Å². The van der Waals surface area contributed by atoms with Crippen molar-refractivity contribution in [2.75, 3.05) is 13.7 Å². The number of ketones is 1. The standard InChI is InChI=1S/C22H22FNO4/c1-3-4-12-24-19(15-6-5-7-16(23)13-15)18(21(26)22(24)27)20(25)14-8-10-17(28-2)11-9-14/h5-11,13,19,25H,3-4,12H2,1-2H3/b20-18+/t19-/m0/s1. The van der Waals surface area contributed by atoms with Crippen LogP contribution in [0, 0.1) is 5.82 Å². The Kier molecular flexibility index (Phi) is 5.78. The summed E-state index contributed by atoms with van der Waals surface area (Å²) in [4.78, 5) is 26.8. The van der Waals surface area contributed by atoms with Gasteiger partial charge in [0.1, 0.15) is 17.3 Å². The van der Waals surface area contributed by atoms with Gasteiger partial charge in [-0.2, -0.15) is 0 Å². The first-order chi connectivity index (χ1) is 13.5. The van der Waals surface area contributed by atoms with E-state index in [0.717, 1.165) is 6.42 Å². The van der Waals surface area contributed by atoms with Gasteiger partial charge in [0.2, 0.25) is 0 Å². The van der Waals surface area contributed by atoms with Crippen LogP contribution in [0.4, 0.5) is 4.39 Å². The fourth-order valence-corrected chi connectivity index (χ4v) is 3.37. The van der Waals surface area contributed by atoms with Gasteiger partial charge in [-0.25, -0.2) is 4.39 Å². The van der Waals surface area contributed by atoms with Crippen LogP contribution in [0.15, 0.2) is 54.1 Å². The van der Waals surface area contributed by atoms with Crippen molar-refractivity contribution >= 4 is 17.4 Å². The topological polar surface area (TPSA) is 66.8 Å². The van der Waals surface area contributed by atoms with E-state index in [1.807, 2.05) is 6.92 Å². The van der Waals surface area contributed by atoms with Crippen molar-refractivity contribution in [3.63, 3.8) is 0 Å². The highest BCUT2D eigenvalue weighted by Crippen LogP contribution is 2.39. The zero-order valence-electron chi connectivity index (χ0n) is 15.8. The number of halogens is 1. The molecule has 0 bridgehead atoms. The summed E-state index contributed by atoms with van der Waals surface area (Å²) in [5.41, 5.74) is 0.804. The summed E-state index contributed by atoms with van der Waals surface area (Å²) in [6.45, 7) is 2.33. The van der Waals surface area contributed by atoms with Crippen LogP contribution in [0.5, 0.6) is 5.75 Å². The van der Waals surface area contributed by atoms with Gasteiger partial charge in [-0.3, -0.25) is 9.59 Å². The normalized spacial score (nSPS) is 18.5. The number of unbranched alkanes of at least 4 members (excludes halogenated alkanes) is 1. The van der Waals surface area contributed by atoms with Crippen molar-refractivity contribution in [2.45, 2.75) is 25.8 Å². The summed E-state index contributed by atoms with van der Waals surface area (Å²) in [6.07, 6.45) is 1.53. The number of likely N-dealkylation sites (tertiary alicyclic amines) is 1. The Morgan fingerprint density at radius 1 is 1.18 bits per heavy atom. The molecule has 146 valence electrons. The van der Waals surface area contributed by atoms with Gasteiger partial charge < -0.3 is 14.7 Å². The van der Waals surface area contributed by atoms with Gasteiger partial charge in [-0.1, -0.05) is 25.5 Å². The molecule has 0 saturated carbocycles. The lowest BCUT2D eigenvalue weighted by atomic mass is 9.95. The molecule has 6 heteroatoms. The van der Waals surface area contributed by atoms with Crippen molar-refractivity contribution in [3.8, 4) is 5.75 Å². The van der Waals surface area contributed by atoms with Gasteiger partial charge in [0.05, 0.1) is 18.7 Å². The van der Waals surface area contributed by atoms with Crippen LogP contribution in [0.25, 0.3) is 5.76 Å². The Bertz CT molecular complexity index is 920. The van der Waals surface area contributed by atoms with Crippen LogP contribution >= 0.6 is 0 Å². The second-order valence-corrected chi connectivity index (χ2v) is 6.63. The first-order valence-corrected chi connectivity index (χ1v) is 9.16. The Hall–Kier alpha value is -3.15. The molecule has 0 aliphatic carbocycles. The third-order valence-corrected chi connectivity index (χ3v) is 4.82.